The highest BCUT2D eigenvalue weighted by atomic mass is 16.8. The van der Waals surface area contributed by atoms with Crippen molar-refractivity contribution in [1.82, 2.24) is 0 Å². The molecule has 0 bridgehead atoms. The van der Waals surface area contributed by atoms with Crippen LogP contribution in [0.1, 0.15) is 77.2 Å². The molecular weight excluding hydrogens is 374 g/mol. The highest BCUT2D eigenvalue weighted by molar-refractivity contribution is 6.05. The summed E-state index contributed by atoms with van der Waals surface area (Å²) in [4.78, 5) is 13.5. The van der Waals surface area contributed by atoms with Crippen molar-refractivity contribution in [3.05, 3.63) is 40.6 Å². The van der Waals surface area contributed by atoms with Crippen LogP contribution in [0.2, 0.25) is 0 Å². The maximum Gasteiger partial charge on any atom is 0.165 e. The number of ketones is 1. The van der Waals surface area contributed by atoms with E-state index < -0.39 is 5.23 Å². The van der Waals surface area contributed by atoms with Crippen molar-refractivity contribution < 1.29 is 15.2 Å². The molecule has 0 spiro atoms. The van der Waals surface area contributed by atoms with Gasteiger partial charge >= 0.3 is 0 Å². The monoisotopic (exact) mass is 409 g/mol. The molecule has 0 aromatic heterocycles. The highest BCUT2D eigenvalue weighted by Crippen LogP contribution is 2.66. The highest BCUT2D eigenvalue weighted by Gasteiger charge is 2.60. The third kappa shape index (κ3) is 3.03. The molecule has 0 radical (unpaired) electrons. The smallest absolute Gasteiger partial charge is 0.165 e. The molecule has 0 heterocycles. The molecule has 30 heavy (non-hydrogen) atoms. The zero-order chi connectivity index (χ0) is 21.1. The zero-order valence-corrected chi connectivity index (χ0v) is 18.3. The van der Waals surface area contributed by atoms with Crippen molar-refractivity contribution in [2.24, 2.45) is 34.5 Å². The third-order valence-electron chi connectivity index (χ3n) is 9.72. The molecule has 4 heteroatoms. The maximum absolute atomic E-state index is 13.5. The van der Waals surface area contributed by atoms with Gasteiger partial charge in [0.05, 0.1) is 0 Å². The summed E-state index contributed by atoms with van der Waals surface area (Å²) < 4.78 is 0. The first-order valence-electron chi connectivity index (χ1n) is 11.9. The van der Waals surface area contributed by atoms with Crippen LogP contribution in [0.4, 0.5) is 5.69 Å². The van der Waals surface area contributed by atoms with Gasteiger partial charge in [-0.2, -0.15) is 5.23 Å². The van der Waals surface area contributed by atoms with Gasteiger partial charge in [-0.1, -0.05) is 26.7 Å². The largest absolute Gasteiger partial charge is 0.595 e. The molecule has 7 atom stereocenters. The van der Waals surface area contributed by atoms with Gasteiger partial charge in [0, 0.05) is 17.5 Å². The first kappa shape index (κ1) is 20.4. The van der Waals surface area contributed by atoms with Gasteiger partial charge in [-0.05, 0) is 103 Å². The number of allylic oxidation sites excluding steroid dienone is 1. The van der Waals surface area contributed by atoms with Gasteiger partial charge in [-0.15, -0.1) is 0 Å². The molecule has 5 rings (SSSR count). The molecule has 4 saturated carbocycles. The van der Waals surface area contributed by atoms with Crippen LogP contribution in [-0.2, 0) is 4.79 Å². The minimum atomic E-state index is -0.914. The molecule has 162 valence electrons. The van der Waals surface area contributed by atoms with Crippen molar-refractivity contribution in [3.8, 4) is 0 Å². The number of nitrogens with one attached hydrogen (secondary N) is 1. The second-order valence-corrected chi connectivity index (χ2v) is 11.0. The van der Waals surface area contributed by atoms with E-state index in [0.717, 1.165) is 35.8 Å². The third-order valence-corrected chi connectivity index (χ3v) is 9.72. The second kappa shape index (κ2) is 7.29. The van der Waals surface area contributed by atoms with Crippen molar-refractivity contribution in [2.45, 2.75) is 71.6 Å². The number of hydrogen-bond donors (Lipinski definition) is 2. The first-order valence-corrected chi connectivity index (χ1v) is 11.9. The van der Waals surface area contributed by atoms with E-state index in [1.807, 2.05) is 18.2 Å². The summed E-state index contributed by atoms with van der Waals surface area (Å²) in [7, 11) is 0. The van der Waals surface area contributed by atoms with E-state index in [-0.39, 0.29) is 11.1 Å². The Balaban J connectivity index is 1.42. The predicted molar refractivity (Wildman–Crippen MR) is 117 cm³/mol. The fourth-order valence-electron chi connectivity index (χ4n) is 8.02. The molecule has 1 aromatic rings. The lowest BCUT2D eigenvalue weighted by Gasteiger charge is -2.59. The number of carbonyl (C=O) groups excluding carboxylic acids is 1. The summed E-state index contributed by atoms with van der Waals surface area (Å²) in [6.07, 6.45) is 13.4. The number of hydrogen-bond acceptors (Lipinski definition) is 3. The molecule has 4 fully saturated rings. The molecule has 7 unspecified atom stereocenters. The number of rotatable bonds is 2. The molecule has 1 aromatic carbocycles. The first-order chi connectivity index (χ1) is 14.3. The van der Waals surface area contributed by atoms with Gasteiger partial charge in [-0.25, -0.2) is 5.21 Å². The van der Waals surface area contributed by atoms with Gasteiger partial charge in [0.2, 0.25) is 0 Å². The average molecular weight is 410 g/mol. The van der Waals surface area contributed by atoms with Gasteiger partial charge in [0.15, 0.2) is 11.5 Å². The molecule has 4 nitrogen and oxygen atoms in total. The van der Waals surface area contributed by atoms with Gasteiger partial charge in [-0.3, -0.25) is 4.79 Å². The standard InChI is InChI=1S/C26H35NO3/c1-25-13-4-3-5-19(25)8-11-21-22(25)12-14-26(2)23(21)16-18(24(26)28)15-17-6-9-20(10-7-17)27(29)30/h6-7,9-10,15,19,21-23,27,29H,3-5,8,11-14,16H2,1-2H3. The van der Waals surface area contributed by atoms with Crippen LogP contribution < -0.4 is 5.23 Å². The molecule has 2 N–H and O–H groups in total. The minimum absolute atomic E-state index is 0.203. The number of Topliss-reactive ketones (excluding diaryl/α,β-unsaturated/α-hetero) is 1. The predicted octanol–water partition coefficient (Wildman–Crippen LogP) is 5.09. The van der Waals surface area contributed by atoms with Crippen LogP contribution in [0.5, 0.6) is 0 Å². The van der Waals surface area contributed by atoms with E-state index in [4.69, 9.17) is 5.21 Å². The number of carbonyl (C=O) groups is 1. The van der Waals surface area contributed by atoms with Gasteiger partial charge in [0.1, 0.15) is 0 Å². The molecular formula is C26H35NO3. The molecule has 4 aliphatic carbocycles. The fraction of sp³-hybridized carbons (Fsp3) is 0.654. The Morgan fingerprint density at radius 1 is 1.03 bits per heavy atom. The van der Waals surface area contributed by atoms with Crippen molar-refractivity contribution in [1.29, 1.82) is 0 Å². The lowest BCUT2D eigenvalue weighted by molar-refractivity contribution is -0.991. The zero-order valence-electron chi connectivity index (χ0n) is 18.3. The van der Waals surface area contributed by atoms with Crippen LogP contribution in [0, 0.1) is 39.7 Å². The van der Waals surface area contributed by atoms with Crippen LogP contribution in [0.15, 0.2) is 29.8 Å². The van der Waals surface area contributed by atoms with Crippen molar-refractivity contribution in [2.75, 3.05) is 0 Å². The Labute approximate surface area is 179 Å². The Hall–Kier alpha value is -1.49. The fourth-order valence-corrected chi connectivity index (χ4v) is 8.02. The Morgan fingerprint density at radius 3 is 2.53 bits per heavy atom. The summed E-state index contributed by atoms with van der Waals surface area (Å²) in [5.74, 6) is 3.21. The quantitative estimate of drug-likeness (QED) is 0.528. The summed E-state index contributed by atoms with van der Waals surface area (Å²) in [6, 6.07) is 6.91. The van der Waals surface area contributed by atoms with E-state index in [0.29, 0.717) is 23.0 Å². The van der Waals surface area contributed by atoms with Crippen molar-refractivity contribution in [3.63, 3.8) is 0 Å². The van der Waals surface area contributed by atoms with Crippen molar-refractivity contribution >= 4 is 17.5 Å². The summed E-state index contributed by atoms with van der Waals surface area (Å²) in [5.41, 5.74) is 2.47. The Bertz CT molecular complexity index is 860. The molecule has 0 saturated heterocycles. The number of fused-ring (bicyclic) bond motifs is 5. The van der Waals surface area contributed by atoms with Gasteiger partial charge in [0.25, 0.3) is 0 Å². The topological polar surface area (TPSA) is 64.8 Å². The summed E-state index contributed by atoms with van der Waals surface area (Å²) in [5, 5.41) is 19.3. The van der Waals surface area contributed by atoms with Crippen LogP contribution in [0.3, 0.4) is 0 Å². The maximum atomic E-state index is 13.5. The Kier molecular flexibility index (Phi) is 4.96. The van der Waals surface area contributed by atoms with E-state index >= 15 is 0 Å². The van der Waals surface area contributed by atoms with Crippen LogP contribution in [-0.4, -0.2) is 11.0 Å². The number of benzene rings is 1. The van der Waals surface area contributed by atoms with Gasteiger partial charge < -0.3 is 5.21 Å². The number of quaternary nitrogens is 1. The second-order valence-electron chi connectivity index (χ2n) is 11.0. The Morgan fingerprint density at radius 2 is 1.80 bits per heavy atom. The minimum Gasteiger partial charge on any atom is -0.595 e. The summed E-state index contributed by atoms with van der Waals surface area (Å²) in [6.45, 7) is 4.81. The van der Waals surface area contributed by atoms with Crippen LogP contribution >= 0.6 is 0 Å². The molecule has 0 amide bonds. The normalized spacial score (nSPS) is 43.1. The SMILES string of the molecule is CC12CCC3C(CCC4CCCCC43C)C1CC(=Cc1ccc([NH+]([O-])O)cc1)C2=O. The summed E-state index contributed by atoms with van der Waals surface area (Å²) >= 11 is 0. The van der Waals surface area contributed by atoms with E-state index in [9.17, 15) is 10.0 Å². The van der Waals surface area contributed by atoms with E-state index in [1.165, 1.54) is 44.9 Å². The molecule has 4 aliphatic rings. The van der Waals surface area contributed by atoms with E-state index in [1.54, 1.807) is 12.1 Å². The average Bonchev–Trinajstić information content (AvgIpc) is 2.98. The lowest BCUT2D eigenvalue weighted by Crippen LogP contribution is -2.99. The lowest BCUT2D eigenvalue weighted by atomic mass is 9.45. The van der Waals surface area contributed by atoms with Crippen LogP contribution in [0.25, 0.3) is 6.08 Å². The molecule has 0 aliphatic heterocycles. The van der Waals surface area contributed by atoms with E-state index in [2.05, 4.69) is 13.8 Å².